The number of anilines is 1. The number of nitrogens with one attached hydrogen (secondary N) is 1. The molecule has 8 nitrogen and oxygen atoms in total. The molecule has 1 amide bonds. The fourth-order valence-electron chi connectivity index (χ4n) is 2.05. The van der Waals surface area contributed by atoms with Crippen molar-refractivity contribution >= 4 is 27.9 Å². The van der Waals surface area contributed by atoms with Crippen molar-refractivity contribution in [1.29, 1.82) is 0 Å². The van der Waals surface area contributed by atoms with E-state index in [1.807, 2.05) is 0 Å². The monoisotopic (exact) mass is 333 g/mol. The fourth-order valence-corrected chi connectivity index (χ4v) is 2.86. The number of hydrogen-bond acceptors (Lipinski definition) is 7. The first-order valence-electron chi connectivity index (χ1n) is 6.87. The van der Waals surface area contributed by atoms with Crippen molar-refractivity contribution in [1.82, 2.24) is 19.8 Å². The number of benzene rings is 1. The highest BCUT2D eigenvalue weighted by atomic mass is 32.1. The van der Waals surface area contributed by atoms with Crippen LogP contribution in [0.3, 0.4) is 0 Å². The summed E-state index contributed by atoms with van der Waals surface area (Å²) in [7, 11) is 3.12. The number of methoxy groups -OCH3 is 2. The van der Waals surface area contributed by atoms with Crippen LogP contribution in [0.4, 0.5) is 5.69 Å². The molecule has 1 aromatic carbocycles. The molecule has 0 atom stereocenters. The van der Waals surface area contributed by atoms with Gasteiger partial charge in [0.2, 0.25) is 10.9 Å². The van der Waals surface area contributed by atoms with Gasteiger partial charge in [0, 0.05) is 18.9 Å². The second kappa shape index (κ2) is 6.61. The molecule has 0 saturated carbocycles. The van der Waals surface area contributed by atoms with Crippen LogP contribution in [0.5, 0.6) is 11.5 Å². The Balaban J connectivity index is 1.63. The Kier molecular flexibility index (Phi) is 4.38. The molecule has 0 aliphatic rings. The first-order chi connectivity index (χ1) is 11.2. The third-order valence-corrected chi connectivity index (χ3v) is 4.15. The van der Waals surface area contributed by atoms with E-state index in [-0.39, 0.29) is 5.91 Å². The van der Waals surface area contributed by atoms with Gasteiger partial charge >= 0.3 is 0 Å². The Morgan fingerprint density at radius 1 is 1.35 bits per heavy atom. The van der Waals surface area contributed by atoms with Gasteiger partial charge in [-0.2, -0.15) is 9.61 Å². The maximum absolute atomic E-state index is 12.1. The lowest BCUT2D eigenvalue weighted by Crippen LogP contribution is -2.13. The average Bonchev–Trinajstić information content (AvgIpc) is 3.14. The van der Waals surface area contributed by atoms with E-state index in [0.717, 1.165) is 9.97 Å². The van der Waals surface area contributed by atoms with E-state index in [2.05, 4.69) is 20.6 Å². The maximum Gasteiger partial charge on any atom is 0.234 e. The molecule has 0 radical (unpaired) electrons. The maximum atomic E-state index is 12.1. The zero-order valence-corrected chi connectivity index (χ0v) is 13.5. The predicted molar refractivity (Wildman–Crippen MR) is 85.2 cm³/mol. The third kappa shape index (κ3) is 3.39. The summed E-state index contributed by atoms with van der Waals surface area (Å²) in [6, 6.07) is 5.24. The van der Waals surface area contributed by atoms with Crippen molar-refractivity contribution in [2.75, 3.05) is 19.5 Å². The molecule has 120 valence electrons. The number of rotatable bonds is 6. The Morgan fingerprint density at radius 2 is 2.22 bits per heavy atom. The zero-order chi connectivity index (χ0) is 16.2. The predicted octanol–water partition coefficient (Wildman–Crippen LogP) is 1.77. The van der Waals surface area contributed by atoms with Crippen molar-refractivity contribution in [3.8, 4) is 11.5 Å². The zero-order valence-electron chi connectivity index (χ0n) is 12.6. The lowest BCUT2D eigenvalue weighted by molar-refractivity contribution is -0.116. The van der Waals surface area contributed by atoms with Gasteiger partial charge in [0.15, 0.2) is 0 Å². The SMILES string of the molecule is COc1ccc(OC)c(NC(=O)CCc2nn3cnnc3s2)c1. The minimum absolute atomic E-state index is 0.123. The first-order valence-corrected chi connectivity index (χ1v) is 7.69. The first kappa shape index (κ1) is 15.2. The van der Waals surface area contributed by atoms with Crippen molar-refractivity contribution < 1.29 is 14.3 Å². The van der Waals surface area contributed by atoms with Crippen LogP contribution in [0.25, 0.3) is 4.96 Å². The van der Waals surface area contributed by atoms with Gasteiger partial charge in [-0.3, -0.25) is 4.79 Å². The molecular formula is C14H15N5O3S. The van der Waals surface area contributed by atoms with Crippen LogP contribution < -0.4 is 14.8 Å². The second-order valence-corrected chi connectivity index (χ2v) is 5.71. The number of amides is 1. The number of aryl methyl sites for hydroxylation is 1. The smallest absolute Gasteiger partial charge is 0.234 e. The van der Waals surface area contributed by atoms with Crippen LogP contribution >= 0.6 is 11.3 Å². The molecule has 3 rings (SSSR count). The van der Waals surface area contributed by atoms with Gasteiger partial charge in [-0.25, -0.2) is 0 Å². The highest BCUT2D eigenvalue weighted by Crippen LogP contribution is 2.29. The number of aromatic nitrogens is 4. The molecule has 2 heterocycles. The Bertz CT molecular complexity index is 800. The minimum atomic E-state index is -0.123. The molecule has 2 aromatic heterocycles. The van der Waals surface area contributed by atoms with Crippen molar-refractivity contribution in [2.24, 2.45) is 0 Å². The summed E-state index contributed by atoms with van der Waals surface area (Å²) >= 11 is 1.42. The van der Waals surface area contributed by atoms with E-state index in [9.17, 15) is 4.79 Å². The van der Waals surface area contributed by atoms with Gasteiger partial charge in [-0.1, -0.05) is 11.3 Å². The van der Waals surface area contributed by atoms with Crippen molar-refractivity contribution in [3.63, 3.8) is 0 Å². The molecular weight excluding hydrogens is 318 g/mol. The lowest BCUT2D eigenvalue weighted by atomic mass is 10.2. The van der Waals surface area contributed by atoms with E-state index in [4.69, 9.17) is 9.47 Å². The summed E-state index contributed by atoms with van der Waals surface area (Å²) in [6.45, 7) is 0. The molecule has 0 aliphatic carbocycles. The van der Waals surface area contributed by atoms with Crippen molar-refractivity contribution in [3.05, 3.63) is 29.5 Å². The van der Waals surface area contributed by atoms with Gasteiger partial charge in [0.05, 0.1) is 19.9 Å². The number of fused-ring (bicyclic) bond motifs is 1. The Labute approximate surface area is 136 Å². The normalized spacial score (nSPS) is 10.7. The Hall–Kier alpha value is -2.68. The van der Waals surface area contributed by atoms with Crippen LogP contribution in [-0.4, -0.2) is 39.9 Å². The highest BCUT2D eigenvalue weighted by molar-refractivity contribution is 7.16. The summed E-state index contributed by atoms with van der Waals surface area (Å²) in [5, 5.41) is 15.6. The van der Waals surface area contributed by atoms with Gasteiger partial charge in [0.25, 0.3) is 0 Å². The van der Waals surface area contributed by atoms with Gasteiger partial charge in [-0.05, 0) is 12.1 Å². The fraction of sp³-hybridized carbons (Fsp3) is 0.286. The average molecular weight is 333 g/mol. The number of nitrogens with zero attached hydrogens (tertiary/aromatic N) is 4. The largest absolute Gasteiger partial charge is 0.497 e. The lowest BCUT2D eigenvalue weighted by Gasteiger charge is -2.11. The molecule has 1 N–H and O–H groups in total. The molecule has 0 aliphatic heterocycles. The van der Waals surface area contributed by atoms with E-state index >= 15 is 0 Å². The number of hydrogen-bond donors (Lipinski definition) is 1. The molecule has 0 fully saturated rings. The summed E-state index contributed by atoms with van der Waals surface area (Å²) in [5.41, 5.74) is 0.579. The minimum Gasteiger partial charge on any atom is -0.497 e. The summed E-state index contributed by atoms with van der Waals surface area (Å²) < 4.78 is 12.0. The summed E-state index contributed by atoms with van der Waals surface area (Å²) in [6.07, 6.45) is 2.38. The molecule has 0 saturated heterocycles. The van der Waals surface area contributed by atoms with Crippen molar-refractivity contribution in [2.45, 2.75) is 12.8 Å². The third-order valence-electron chi connectivity index (χ3n) is 3.18. The van der Waals surface area contributed by atoms with E-state index in [1.54, 1.807) is 36.9 Å². The Morgan fingerprint density at radius 3 is 2.96 bits per heavy atom. The standard InChI is InChI=1S/C14H15N5O3S/c1-21-9-3-4-11(22-2)10(7-9)16-12(20)5-6-13-18-19-8-15-17-14(19)23-13/h3-4,7-8H,5-6H2,1-2H3,(H,16,20). The molecule has 0 bridgehead atoms. The van der Waals surface area contributed by atoms with Crippen LogP contribution in [0.15, 0.2) is 24.5 Å². The van der Waals surface area contributed by atoms with Gasteiger partial charge < -0.3 is 14.8 Å². The van der Waals surface area contributed by atoms with Gasteiger partial charge in [-0.15, -0.1) is 10.2 Å². The molecule has 0 spiro atoms. The van der Waals surface area contributed by atoms with E-state index < -0.39 is 0 Å². The molecule has 9 heteroatoms. The van der Waals surface area contributed by atoms with Crippen LogP contribution in [0, 0.1) is 0 Å². The molecule has 0 unspecified atom stereocenters. The molecule has 23 heavy (non-hydrogen) atoms. The second-order valence-electron chi connectivity index (χ2n) is 4.67. The summed E-state index contributed by atoms with van der Waals surface area (Å²) in [5.74, 6) is 1.11. The van der Waals surface area contributed by atoms with E-state index in [1.165, 1.54) is 17.7 Å². The summed E-state index contributed by atoms with van der Waals surface area (Å²) in [4.78, 5) is 12.9. The molecule has 3 aromatic rings. The quantitative estimate of drug-likeness (QED) is 0.739. The number of carbonyl (C=O) groups is 1. The van der Waals surface area contributed by atoms with Crippen LogP contribution in [0.1, 0.15) is 11.4 Å². The van der Waals surface area contributed by atoms with Crippen LogP contribution in [0.2, 0.25) is 0 Å². The number of carbonyl (C=O) groups excluding carboxylic acids is 1. The van der Waals surface area contributed by atoms with Gasteiger partial charge in [0.1, 0.15) is 22.8 Å². The van der Waals surface area contributed by atoms with E-state index in [0.29, 0.717) is 30.0 Å². The van der Waals surface area contributed by atoms with Crippen LogP contribution in [-0.2, 0) is 11.2 Å². The number of ether oxygens (including phenoxy) is 2. The topological polar surface area (TPSA) is 90.6 Å². The highest BCUT2D eigenvalue weighted by Gasteiger charge is 2.11.